The molecule has 171 valence electrons. The number of rotatable bonds is 4. The summed E-state index contributed by atoms with van der Waals surface area (Å²) in [5, 5.41) is 0. The molecule has 0 fully saturated rings. The molecular formula is C31H26IrN2-2. The third-order valence-corrected chi connectivity index (χ3v) is 4.89. The first-order chi connectivity index (χ1) is 19.0. The summed E-state index contributed by atoms with van der Waals surface area (Å²) in [6.45, 7) is -6.00. The maximum absolute atomic E-state index is 8.07. The van der Waals surface area contributed by atoms with Crippen LogP contribution in [-0.2, 0) is 20.1 Å². The van der Waals surface area contributed by atoms with Gasteiger partial charge in [0.2, 0.25) is 0 Å². The quantitative estimate of drug-likeness (QED) is 0.190. The van der Waals surface area contributed by atoms with E-state index in [1.165, 1.54) is 23.3 Å². The molecule has 3 aromatic carbocycles. The van der Waals surface area contributed by atoms with Gasteiger partial charge in [-0.3, -0.25) is 0 Å². The Bertz CT molecular complexity index is 1440. The summed E-state index contributed by atoms with van der Waals surface area (Å²) in [5.41, 5.74) is 5.43. The standard InChI is InChI=1S/C17H12N.C14H14N.Ir/c1-3-7-14(8-4-1)16-11-12-18-17(13-16)15-9-5-2-6-10-15;1-11(2)13-8-9-14(15-10-13)12-6-4-3-5-7-12;/h1-9,11-13H;3-6,8-11H,1-2H3;/q2*-1;/i;1D3,2D3,11D;. The second kappa shape index (κ2) is 12.7. The summed E-state index contributed by atoms with van der Waals surface area (Å²) in [4.78, 5) is 8.49. The van der Waals surface area contributed by atoms with E-state index in [9.17, 15) is 0 Å². The maximum Gasteiger partial charge on any atom is 0.0347 e. The molecule has 0 aliphatic heterocycles. The Balaban J connectivity index is 0.000000224. The molecule has 1 radical (unpaired) electrons. The zero-order valence-corrected chi connectivity index (χ0v) is 20.6. The topological polar surface area (TPSA) is 25.8 Å². The van der Waals surface area contributed by atoms with Gasteiger partial charge in [0.05, 0.1) is 0 Å². The molecule has 0 unspecified atom stereocenters. The van der Waals surface area contributed by atoms with Crippen LogP contribution >= 0.6 is 0 Å². The van der Waals surface area contributed by atoms with Crippen molar-refractivity contribution in [2.45, 2.75) is 19.6 Å². The Morgan fingerprint density at radius 2 is 1.38 bits per heavy atom. The summed E-state index contributed by atoms with van der Waals surface area (Å²) in [6, 6.07) is 38.5. The van der Waals surface area contributed by atoms with Crippen LogP contribution in [0.1, 0.15) is 34.8 Å². The third-order valence-electron chi connectivity index (χ3n) is 4.89. The normalized spacial score (nSPS) is 14.2. The van der Waals surface area contributed by atoms with Crippen LogP contribution in [-0.4, -0.2) is 9.97 Å². The molecule has 0 amide bonds. The van der Waals surface area contributed by atoms with Crippen molar-refractivity contribution in [2.75, 3.05) is 0 Å². The average Bonchev–Trinajstić information content (AvgIpc) is 2.97. The van der Waals surface area contributed by atoms with Crippen molar-refractivity contribution in [3.63, 3.8) is 0 Å². The second-order valence-corrected chi connectivity index (χ2v) is 7.16. The Morgan fingerprint density at radius 1 is 0.706 bits per heavy atom. The van der Waals surface area contributed by atoms with Gasteiger partial charge in [-0.15, -0.1) is 71.8 Å². The first kappa shape index (κ1) is 17.1. The van der Waals surface area contributed by atoms with Crippen LogP contribution in [0.3, 0.4) is 0 Å². The number of hydrogen-bond acceptors (Lipinski definition) is 2. The van der Waals surface area contributed by atoms with E-state index in [-0.39, 0.29) is 25.7 Å². The van der Waals surface area contributed by atoms with Gasteiger partial charge in [-0.25, -0.2) is 0 Å². The molecule has 0 spiro atoms. The molecule has 2 aromatic heterocycles. The van der Waals surface area contributed by atoms with E-state index in [1.54, 1.807) is 24.3 Å². The van der Waals surface area contributed by atoms with E-state index in [2.05, 4.69) is 40.3 Å². The summed E-state index contributed by atoms with van der Waals surface area (Å²) < 4.78 is 52.8. The second-order valence-electron chi connectivity index (χ2n) is 7.16. The van der Waals surface area contributed by atoms with Crippen LogP contribution in [0.4, 0.5) is 0 Å². The molecule has 5 rings (SSSR count). The molecule has 3 heteroatoms. The van der Waals surface area contributed by atoms with Crippen molar-refractivity contribution in [1.29, 1.82) is 0 Å². The van der Waals surface area contributed by atoms with Crippen molar-refractivity contribution in [3.05, 3.63) is 133 Å². The van der Waals surface area contributed by atoms with E-state index in [1.807, 2.05) is 54.7 Å². The predicted octanol–water partition coefficient (Wildman–Crippen LogP) is 7.89. The number of benzene rings is 3. The summed E-state index contributed by atoms with van der Waals surface area (Å²) >= 11 is 0. The number of hydrogen-bond donors (Lipinski definition) is 0. The van der Waals surface area contributed by atoms with Crippen LogP contribution in [0.15, 0.2) is 116 Å². The van der Waals surface area contributed by atoms with Gasteiger partial charge in [0.15, 0.2) is 0 Å². The molecule has 0 saturated heterocycles. The van der Waals surface area contributed by atoms with E-state index in [0.717, 1.165) is 17.5 Å². The zero-order valence-electron chi connectivity index (χ0n) is 25.2. The van der Waals surface area contributed by atoms with Crippen LogP contribution in [0.2, 0.25) is 0 Å². The minimum Gasteiger partial charge on any atom is -0.305 e. The molecule has 0 bridgehead atoms. The monoisotopic (exact) mass is 626 g/mol. The van der Waals surface area contributed by atoms with Gasteiger partial charge in [-0.05, 0) is 40.0 Å². The molecule has 2 heterocycles. The molecule has 5 aromatic rings. The van der Waals surface area contributed by atoms with Gasteiger partial charge in [-0.2, -0.15) is 0 Å². The average molecular weight is 626 g/mol. The Kier molecular flexibility index (Phi) is 6.41. The maximum atomic E-state index is 8.07. The van der Waals surface area contributed by atoms with Crippen LogP contribution in [0, 0.1) is 12.1 Å². The zero-order chi connectivity index (χ0) is 28.8. The molecule has 2 nitrogen and oxygen atoms in total. The molecule has 0 aliphatic rings. The van der Waals surface area contributed by atoms with Gasteiger partial charge in [0.1, 0.15) is 0 Å². The van der Waals surface area contributed by atoms with Crippen molar-refractivity contribution in [3.8, 4) is 33.6 Å². The summed E-state index contributed by atoms with van der Waals surface area (Å²) in [5.74, 6) is -2.72. The molecular weight excluding hydrogens is 593 g/mol. The fourth-order valence-corrected chi connectivity index (χ4v) is 3.19. The molecule has 0 atom stereocenters. The van der Waals surface area contributed by atoms with Crippen LogP contribution in [0.25, 0.3) is 33.6 Å². The minimum atomic E-state index is -3.00. The summed E-state index contributed by atoms with van der Waals surface area (Å²) in [6.07, 6.45) is 2.99. The van der Waals surface area contributed by atoms with Crippen molar-refractivity contribution in [2.24, 2.45) is 0 Å². The van der Waals surface area contributed by atoms with E-state index < -0.39 is 19.6 Å². The van der Waals surface area contributed by atoms with Gasteiger partial charge >= 0.3 is 0 Å². The third kappa shape index (κ3) is 6.81. The molecule has 34 heavy (non-hydrogen) atoms. The first-order valence-electron chi connectivity index (χ1n) is 13.9. The SMILES string of the molecule is [2H]C([2H])([2H])C([2H])(c1ccc(-c2[c-]cccc2)nc1)C([2H])([2H])[2H].[Ir].[c-]1ccccc1-c1cc(-c2ccccc2)ccn1. The van der Waals surface area contributed by atoms with E-state index in [0.29, 0.717) is 11.3 Å². The molecule has 0 aliphatic carbocycles. The Hall–Kier alpha value is -3.39. The predicted molar refractivity (Wildman–Crippen MR) is 137 cm³/mol. The number of nitrogens with zero attached hydrogens (tertiary/aromatic N) is 2. The fraction of sp³-hybridized carbons (Fsp3) is 0.0968. The van der Waals surface area contributed by atoms with E-state index >= 15 is 0 Å². The minimum absolute atomic E-state index is 0. The van der Waals surface area contributed by atoms with Gasteiger partial charge < -0.3 is 9.97 Å². The van der Waals surface area contributed by atoms with Crippen LogP contribution < -0.4 is 0 Å². The Labute approximate surface area is 226 Å². The fourth-order valence-electron chi connectivity index (χ4n) is 3.19. The number of pyridine rings is 2. The first-order valence-corrected chi connectivity index (χ1v) is 10.4. The van der Waals surface area contributed by atoms with Crippen molar-refractivity contribution < 1.29 is 29.7 Å². The Morgan fingerprint density at radius 3 is 1.97 bits per heavy atom. The van der Waals surface area contributed by atoms with Crippen molar-refractivity contribution in [1.82, 2.24) is 9.97 Å². The molecule has 0 saturated carbocycles. The van der Waals surface area contributed by atoms with Gasteiger partial charge in [0.25, 0.3) is 0 Å². The van der Waals surface area contributed by atoms with Gasteiger partial charge in [0, 0.05) is 42.1 Å². The largest absolute Gasteiger partial charge is 0.305 e. The molecule has 0 N–H and O–H groups in total. The number of aromatic nitrogens is 2. The van der Waals surface area contributed by atoms with Crippen LogP contribution in [0.5, 0.6) is 0 Å². The van der Waals surface area contributed by atoms with Crippen molar-refractivity contribution >= 4 is 0 Å². The van der Waals surface area contributed by atoms with Gasteiger partial charge in [-0.1, -0.05) is 62.2 Å². The smallest absolute Gasteiger partial charge is 0.0347 e. The van der Waals surface area contributed by atoms with E-state index in [4.69, 9.17) is 9.60 Å². The summed E-state index contributed by atoms with van der Waals surface area (Å²) in [7, 11) is 0.